The molecule has 0 spiro atoms. The summed E-state index contributed by atoms with van der Waals surface area (Å²) in [6.07, 6.45) is 8.88. The molecule has 0 radical (unpaired) electrons. The van der Waals surface area contributed by atoms with Crippen LogP contribution in [0.15, 0.2) is 12.2 Å². The van der Waals surface area contributed by atoms with Crippen LogP contribution < -0.4 is 5.32 Å². The third-order valence-electron chi connectivity index (χ3n) is 4.42. The summed E-state index contributed by atoms with van der Waals surface area (Å²) in [6.45, 7) is 4.19. The van der Waals surface area contributed by atoms with E-state index in [9.17, 15) is 5.11 Å². The van der Waals surface area contributed by atoms with Crippen molar-refractivity contribution in [3.63, 3.8) is 0 Å². The van der Waals surface area contributed by atoms with Gasteiger partial charge < -0.3 is 15.2 Å². The molecule has 1 fully saturated rings. The Morgan fingerprint density at radius 3 is 2.80 bits per heavy atom. The normalized spacial score (nSPS) is 29.5. The zero-order chi connectivity index (χ0) is 14.2. The maximum Gasteiger partial charge on any atom is 0.0897 e. The van der Waals surface area contributed by atoms with Crippen LogP contribution in [0.5, 0.6) is 0 Å². The number of aliphatic hydroxyl groups excluding tert-OH is 1. The molecule has 4 heteroatoms. The molecule has 1 aliphatic carbocycles. The highest BCUT2D eigenvalue weighted by Crippen LogP contribution is 2.25. The first kappa shape index (κ1) is 16.3. The van der Waals surface area contributed by atoms with E-state index in [1.807, 2.05) is 11.8 Å². The van der Waals surface area contributed by atoms with Crippen LogP contribution >= 0.6 is 11.8 Å². The van der Waals surface area contributed by atoms with Crippen molar-refractivity contribution in [2.24, 2.45) is 11.8 Å². The van der Waals surface area contributed by atoms with E-state index in [1.165, 1.54) is 24.3 Å². The van der Waals surface area contributed by atoms with Gasteiger partial charge in [0, 0.05) is 12.6 Å². The van der Waals surface area contributed by atoms with Crippen LogP contribution in [0.25, 0.3) is 0 Å². The number of thioether (sulfide) groups is 1. The van der Waals surface area contributed by atoms with E-state index in [4.69, 9.17) is 4.74 Å². The maximum absolute atomic E-state index is 9.97. The predicted octanol–water partition coefficient (Wildman–Crippen LogP) is 2.45. The van der Waals surface area contributed by atoms with Gasteiger partial charge in [0.15, 0.2) is 0 Å². The molecule has 0 aromatic heterocycles. The highest BCUT2D eigenvalue weighted by Gasteiger charge is 2.19. The average Bonchev–Trinajstić information content (AvgIpc) is 2.48. The summed E-state index contributed by atoms with van der Waals surface area (Å²) in [6, 6.07) is 0.592. The van der Waals surface area contributed by atoms with Crippen molar-refractivity contribution in [3.05, 3.63) is 12.2 Å². The van der Waals surface area contributed by atoms with Gasteiger partial charge in [0.2, 0.25) is 0 Å². The van der Waals surface area contributed by atoms with E-state index in [0.29, 0.717) is 31.0 Å². The largest absolute Gasteiger partial charge is 0.389 e. The van der Waals surface area contributed by atoms with Gasteiger partial charge in [0.05, 0.1) is 19.3 Å². The third-order valence-corrected chi connectivity index (χ3v) is 5.47. The van der Waals surface area contributed by atoms with Crippen LogP contribution in [0.4, 0.5) is 0 Å². The zero-order valence-corrected chi connectivity index (χ0v) is 13.4. The standard InChI is InChI=1S/C16H29NO2S/c1-13-4-2-3-5-14(13)11-19-12-16(18)10-17-15-6-8-20-9-7-15/h2-3,13-18H,4-12H2,1H3. The topological polar surface area (TPSA) is 41.5 Å². The van der Waals surface area contributed by atoms with Gasteiger partial charge in [0.1, 0.15) is 0 Å². The number of allylic oxidation sites excluding steroid dienone is 2. The number of hydrogen-bond donors (Lipinski definition) is 2. The van der Waals surface area contributed by atoms with Gasteiger partial charge in [-0.15, -0.1) is 0 Å². The number of nitrogens with one attached hydrogen (secondary N) is 1. The van der Waals surface area contributed by atoms with Crippen LogP contribution in [0.3, 0.4) is 0 Å². The SMILES string of the molecule is CC1CC=CCC1COCC(O)CNC1CCSCC1. The van der Waals surface area contributed by atoms with Crippen molar-refractivity contribution >= 4 is 11.8 Å². The van der Waals surface area contributed by atoms with Gasteiger partial charge in [-0.05, 0) is 49.0 Å². The lowest BCUT2D eigenvalue weighted by Crippen LogP contribution is -2.39. The lowest BCUT2D eigenvalue weighted by molar-refractivity contribution is 0.0118. The van der Waals surface area contributed by atoms with Gasteiger partial charge in [-0.3, -0.25) is 0 Å². The lowest BCUT2D eigenvalue weighted by atomic mass is 9.85. The molecule has 1 heterocycles. The fourth-order valence-corrected chi connectivity index (χ4v) is 3.96. The Labute approximate surface area is 127 Å². The van der Waals surface area contributed by atoms with Crippen LogP contribution in [-0.2, 0) is 4.74 Å². The van der Waals surface area contributed by atoms with E-state index >= 15 is 0 Å². The molecule has 1 saturated heterocycles. The van der Waals surface area contributed by atoms with E-state index in [0.717, 1.165) is 19.4 Å². The molecule has 0 aromatic rings. The summed E-state index contributed by atoms with van der Waals surface area (Å²) in [5.41, 5.74) is 0. The quantitative estimate of drug-likeness (QED) is 0.709. The monoisotopic (exact) mass is 299 g/mol. The summed E-state index contributed by atoms with van der Waals surface area (Å²) < 4.78 is 5.72. The van der Waals surface area contributed by atoms with E-state index in [2.05, 4.69) is 24.4 Å². The van der Waals surface area contributed by atoms with Crippen molar-refractivity contribution < 1.29 is 9.84 Å². The minimum atomic E-state index is -0.376. The molecule has 3 unspecified atom stereocenters. The van der Waals surface area contributed by atoms with Crippen LogP contribution in [0.1, 0.15) is 32.6 Å². The van der Waals surface area contributed by atoms with E-state index < -0.39 is 0 Å². The Morgan fingerprint density at radius 1 is 1.30 bits per heavy atom. The summed E-state index contributed by atoms with van der Waals surface area (Å²) in [5.74, 6) is 3.82. The molecule has 1 aliphatic heterocycles. The lowest BCUT2D eigenvalue weighted by Gasteiger charge is -2.26. The second kappa shape index (κ2) is 9.08. The van der Waals surface area contributed by atoms with Crippen LogP contribution in [0.2, 0.25) is 0 Å². The van der Waals surface area contributed by atoms with Crippen molar-refractivity contribution in [2.75, 3.05) is 31.3 Å². The first-order chi connectivity index (χ1) is 9.75. The third kappa shape index (κ3) is 5.76. The molecule has 3 nitrogen and oxygen atoms in total. The van der Waals surface area contributed by atoms with Crippen molar-refractivity contribution in [1.82, 2.24) is 5.32 Å². The number of aliphatic hydroxyl groups is 1. The molecule has 20 heavy (non-hydrogen) atoms. The van der Waals surface area contributed by atoms with Gasteiger partial charge in [0.25, 0.3) is 0 Å². The Balaban J connectivity index is 1.53. The second-order valence-corrected chi connectivity index (χ2v) is 7.39. The number of ether oxygens (including phenoxy) is 1. The molecular weight excluding hydrogens is 270 g/mol. The predicted molar refractivity (Wildman–Crippen MR) is 86.2 cm³/mol. The van der Waals surface area contributed by atoms with E-state index in [1.54, 1.807) is 0 Å². The minimum absolute atomic E-state index is 0.376. The number of hydrogen-bond acceptors (Lipinski definition) is 4. The summed E-state index contributed by atoms with van der Waals surface area (Å²) in [4.78, 5) is 0. The summed E-state index contributed by atoms with van der Waals surface area (Å²) >= 11 is 2.03. The van der Waals surface area contributed by atoms with Gasteiger partial charge in [-0.2, -0.15) is 11.8 Å². The molecule has 116 valence electrons. The summed E-state index contributed by atoms with van der Waals surface area (Å²) in [5, 5.41) is 13.4. The smallest absolute Gasteiger partial charge is 0.0897 e. The highest BCUT2D eigenvalue weighted by molar-refractivity contribution is 7.99. The Bertz CT molecular complexity index is 292. The molecule has 3 atom stereocenters. The molecular formula is C16H29NO2S. The molecule has 0 saturated carbocycles. The molecule has 2 rings (SSSR count). The number of rotatable bonds is 7. The van der Waals surface area contributed by atoms with Crippen molar-refractivity contribution in [1.29, 1.82) is 0 Å². The summed E-state index contributed by atoms with van der Waals surface area (Å²) in [7, 11) is 0. The first-order valence-electron chi connectivity index (χ1n) is 7.97. The Morgan fingerprint density at radius 2 is 2.05 bits per heavy atom. The van der Waals surface area contributed by atoms with Gasteiger partial charge >= 0.3 is 0 Å². The van der Waals surface area contributed by atoms with Crippen LogP contribution in [-0.4, -0.2) is 48.5 Å². The van der Waals surface area contributed by atoms with Crippen molar-refractivity contribution in [2.45, 2.75) is 44.8 Å². The Kier molecular flexibility index (Phi) is 7.42. The van der Waals surface area contributed by atoms with Gasteiger partial charge in [-0.1, -0.05) is 19.1 Å². The van der Waals surface area contributed by atoms with E-state index in [-0.39, 0.29) is 6.10 Å². The second-order valence-electron chi connectivity index (χ2n) is 6.17. The molecule has 2 aliphatic rings. The minimum Gasteiger partial charge on any atom is -0.389 e. The molecule has 0 aromatic carbocycles. The molecule has 2 N–H and O–H groups in total. The first-order valence-corrected chi connectivity index (χ1v) is 9.13. The molecule has 0 bridgehead atoms. The van der Waals surface area contributed by atoms with Gasteiger partial charge in [-0.25, -0.2) is 0 Å². The average molecular weight is 299 g/mol. The zero-order valence-electron chi connectivity index (χ0n) is 12.6. The molecule has 0 amide bonds. The fraction of sp³-hybridized carbons (Fsp3) is 0.875. The van der Waals surface area contributed by atoms with Crippen molar-refractivity contribution in [3.8, 4) is 0 Å². The maximum atomic E-state index is 9.97. The van der Waals surface area contributed by atoms with Crippen LogP contribution in [0, 0.1) is 11.8 Å². The fourth-order valence-electron chi connectivity index (χ4n) is 2.86. The Hall–Kier alpha value is -0.0300. The highest BCUT2D eigenvalue weighted by atomic mass is 32.2.